The fourth-order valence-electron chi connectivity index (χ4n) is 1.71. The molecule has 0 aliphatic heterocycles. The van der Waals surface area contributed by atoms with Crippen LogP contribution in [0.25, 0.3) is 0 Å². The Morgan fingerprint density at radius 2 is 2.00 bits per heavy atom. The van der Waals surface area contributed by atoms with Gasteiger partial charge in [-0.2, -0.15) is 0 Å². The van der Waals surface area contributed by atoms with E-state index in [-0.39, 0.29) is 19.1 Å². The van der Waals surface area contributed by atoms with E-state index in [4.69, 9.17) is 13.9 Å². The predicted octanol–water partition coefficient (Wildman–Crippen LogP) is 2.46. The molecule has 0 spiro atoms. The van der Waals surface area contributed by atoms with Crippen LogP contribution in [0.1, 0.15) is 17.3 Å². The summed E-state index contributed by atoms with van der Waals surface area (Å²) in [6.07, 6.45) is 0. The highest BCUT2D eigenvalue weighted by Crippen LogP contribution is 2.17. The molecule has 0 radical (unpaired) electrons. The quantitative estimate of drug-likeness (QED) is 0.884. The Hall–Kier alpha value is -2.34. The minimum absolute atomic E-state index is 0.0289. The number of aryl methyl sites for hydroxylation is 2. The maximum absolute atomic E-state index is 11.4. The third kappa shape index (κ3) is 4.32. The van der Waals surface area contributed by atoms with Gasteiger partial charge in [0, 0.05) is 12.8 Å². The maximum atomic E-state index is 11.4. The zero-order chi connectivity index (χ0) is 15.2. The molecule has 0 bridgehead atoms. The van der Waals surface area contributed by atoms with Crippen molar-refractivity contribution in [3.8, 4) is 5.75 Å². The highest BCUT2D eigenvalue weighted by molar-refractivity contribution is 5.91. The maximum Gasteiger partial charge on any atom is 0.250 e. The van der Waals surface area contributed by atoms with Gasteiger partial charge in [0.05, 0.1) is 5.69 Å². The first-order valence-electron chi connectivity index (χ1n) is 6.53. The standard InChI is InChI=1S/C15H18N2O4/c1-10-11(2)21-15(16-10)9-20-13-6-4-12(5-7-13)17-14(18)8-19-3/h4-7H,8-9H2,1-3H3,(H,17,18). The van der Waals surface area contributed by atoms with Gasteiger partial charge in [0.2, 0.25) is 11.8 Å². The van der Waals surface area contributed by atoms with E-state index >= 15 is 0 Å². The molecule has 1 aromatic carbocycles. The SMILES string of the molecule is COCC(=O)Nc1ccc(OCc2nc(C)c(C)o2)cc1. The van der Waals surface area contributed by atoms with Crippen molar-refractivity contribution < 1.29 is 18.7 Å². The molecule has 0 fully saturated rings. The van der Waals surface area contributed by atoms with Crippen molar-refractivity contribution in [2.75, 3.05) is 19.0 Å². The Morgan fingerprint density at radius 3 is 2.57 bits per heavy atom. The van der Waals surface area contributed by atoms with Crippen LogP contribution >= 0.6 is 0 Å². The molecule has 6 heteroatoms. The van der Waals surface area contributed by atoms with Crippen LogP contribution < -0.4 is 10.1 Å². The lowest BCUT2D eigenvalue weighted by atomic mass is 10.3. The summed E-state index contributed by atoms with van der Waals surface area (Å²) < 4.78 is 15.8. The average molecular weight is 290 g/mol. The molecule has 1 heterocycles. The van der Waals surface area contributed by atoms with Gasteiger partial charge in [0.1, 0.15) is 18.1 Å². The Balaban J connectivity index is 1.88. The molecule has 0 saturated heterocycles. The van der Waals surface area contributed by atoms with Crippen molar-refractivity contribution in [3.63, 3.8) is 0 Å². The number of anilines is 1. The number of hydrogen-bond donors (Lipinski definition) is 1. The lowest BCUT2D eigenvalue weighted by Crippen LogP contribution is -2.16. The molecule has 2 rings (SSSR count). The van der Waals surface area contributed by atoms with Gasteiger partial charge in [-0.25, -0.2) is 4.98 Å². The van der Waals surface area contributed by atoms with Gasteiger partial charge in [-0.15, -0.1) is 0 Å². The number of nitrogens with one attached hydrogen (secondary N) is 1. The van der Waals surface area contributed by atoms with Crippen molar-refractivity contribution >= 4 is 11.6 Å². The van der Waals surface area contributed by atoms with E-state index in [1.165, 1.54) is 7.11 Å². The first kappa shape index (κ1) is 15.1. The largest absolute Gasteiger partial charge is 0.484 e. The number of amides is 1. The van der Waals surface area contributed by atoms with Gasteiger partial charge in [0.15, 0.2) is 6.61 Å². The number of nitrogens with zero attached hydrogens (tertiary/aromatic N) is 1. The Labute approximate surface area is 123 Å². The monoisotopic (exact) mass is 290 g/mol. The molecule has 0 atom stereocenters. The number of rotatable bonds is 6. The third-order valence-corrected chi connectivity index (χ3v) is 2.85. The first-order chi connectivity index (χ1) is 10.1. The molecule has 1 aromatic heterocycles. The van der Waals surface area contributed by atoms with Crippen LogP contribution in [0.3, 0.4) is 0 Å². The number of hydrogen-bond acceptors (Lipinski definition) is 5. The summed E-state index contributed by atoms with van der Waals surface area (Å²) in [4.78, 5) is 15.6. The second kappa shape index (κ2) is 6.90. The van der Waals surface area contributed by atoms with Crippen molar-refractivity contribution in [3.05, 3.63) is 41.6 Å². The number of benzene rings is 1. The zero-order valence-corrected chi connectivity index (χ0v) is 12.3. The second-order valence-corrected chi connectivity index (χ2v) is 4.54. The molecule has 0 aliphatic rings. The predicted molar refractivity (Wildman–Crippen MR) is 77.3 cm³/mol. The molecular weight excluding hydrogens is 272 g/mol. The number of oxazole rings is 1. The molecule has 0 saturated carbocycles. The van der Waals surface area contributed by atoms with Gasteiger partial charge < -0.3 is 19.2 Å². The number of methoxy groups -OCH3 is 1. The van der Waals surface area contributed by atoms with Crippen LogP contribution in [0.2, 0.25) is 0 Å². The number of ether oxygens (including phenoxy) is 2. The summed E-state index contributed by atoms with van der Waals surface area (Å²) in [6.45, 7) is 4.05. The lowest BCUT2D eigenvalue weighted by molar-refractivity contribution is -0.119. The number of aromatic nitrogens is 1. The Bertz CT molecular complexity index is 585. The third-order valence-electron chi connectivity index (χ3n) is 2.85. The molecule has 21 heavy (non-hydrogen) atoms. The second-order valence-electron chi connectivity index (χ2n) is 4.54. The minimum atomic E-state index is -0.197. The van der Waals surface area contributed by atoms with E-state index in [1.54, 1.807) is 24.3 Å². The van der Waals surface area contributed by atoms with Crippen LogP contribution in [-0.2, 0) is 16.1 Å². The Morgan fingerprint density at radius 1 is 1.29 bits per heavy atom. The molecular formula is C15H18N2O4. The van der Waals surface area contributed by atoms with E-state index in [1.807, 2.05) is 13.8 Å². The van der Waals surface area contributed by atoms with Crippen molar-refractivity contribution in [1.82, 2.24) is 4.98 Å². The molecule has 1 amide bonds. The van der Waals surface area contributed by atoms with E-state index < -0.39 is 0 Å². The van der Waals surface area contributed by atoms with Crippen LogP contribution in [0, 0.1) is 13.8 Å². The average Bonchev–Trinajstić information content (AvgIpc) is 2.77. The fourth-order valence-corrected chi connectivity index (χ4v) is 1.71. The summed E-state index contributed by atoms with van der Waals surface area (Å²) in [6, 6.07) is 7.06. The fraction of sp³-hybridized carbons (Fsp3) is 0.333. The van der Waals surface area contributed by atoms with E-state index in [0.717, 1.165) is 11.5 Å². The summed E-state index contributed by atoms with van der Waals surface area (Å²) in [7, 11) is 1.47. The topological polar surface area (TPSA) is 73.6 Å². The van der Waals surface area contributed by atoms with E-state index in [9.17, 15) is 4.79 Å². The highest BCUT2D eigenvalue weighted by Gasteiger charge is 2.06. The molecule has 0 aliphatic carbocycles. The molecule has 6 nitrogen and oxygen atoms in total. The molecule has 112 valence electrons. The molecule has 2 aromatic rings. The highest BCUT2D eigenvalue weighted by atomic mass is 16.5. The summed E-state index contributed by atoms with van der Waals surface area (Å²) in [5.41, 5.74) is 1.55. The summed E-state index contributed by atoms with van der Waals surface area (Å²) in [5.74, 6) is 1.82. The van der Waals surface area contributed by atoms with Gasteiger partial charge in [-0.05, 0) is 38.1 Å². The summed E-state index contributed by atoms with van der Waals surface area (Å²) in [5, 5.41) is 2.70. The van der Waals surface area contributed by atoms with Crippen LogP contribution in [0.4, 0.5) is 5.69 Å². The lowest BCUT2D eigenvalue weighted by Gasteiger charge is -2.06. The van der Waals surface area contributed by atoms with E-state index in [0.29, 0.717) is 17.3 Å². The zero-order valence-electron chi connectivity index (χ0n) is 12.3. The number of carbonyl (C=O) groups is 1. The number of carbonyl (C=O) groups excluding carboxylic acids is 1. The molecule has 0 unspecified atom stereocenters. The van der Waals surface area contributed by atoms with Crippen molar-refractivity contribution in [2.45, 2.75) is 20.5 Å². The van der Waals surface area contributed by atoms with Crippen LogP contribution in [0.5, 0.6) is 5.75 Å². The van der Waals surface area contributed by atoms with Crippen molar-refractivity contribution in [2.24, 2.45) is 0 Å². The van der Waals surface area contributed by atoms with Crippen LogP contribution in [-0.4, -0.2) is 24.6 Å². The summed E-state index contributed by atoms with van der Waals surface area (Å²) >= 11 is 0. The van der Waals surface area contributed by atoms with E-state index in [2.05, 4.69) is 10.3 Å². The van der Waals surface area contributed by atoms with Gasteiger partial charge in [-0.1, -0.05) is 0 Å². The van der Waals surface area contributed by atoms with Gasteiger partial charge in [0.25, 0.3) is 0 Å². The molecule has 1 N–H and O–H groups in total. The normalized spacial score (nSPS) is 10.4. The first-order valence-corrected chi connectivity index (χ1v) is 6.53. The van der Waals surface area contributed by atoms with Crippen molar-refractivity contribution in [1.29, 1.82) is 0 Å². The smallest absolute Gasteiger partial charge is 0.250 e. The van der Waals surface area contributed by atoms with Gasteiger partial charge in [-0.3, -0.25) is 4.79 Å². The Kier molecular flexibility index (Phi) is 4.94. The minimum Gasteiger partial charge on any atom is -0.484 e. The van der Waals surface area contributed by atoms with Gasteiger partial charge >= 0.3 is 0 Å². The van der Waals surface area contributed by atoms with Crippen LogP contribution in [0.15, 0.2) is 28.7 Å².